The molecule has 0 aliphatic heterocycles. The Morgan fingerprint density at radius 1 is 0.978 bits per heavy atom. The van der Waals surface area contributed by atoms with Gasteiger partial charge in [-0.25, -0.2) is 4.39 Å². The first-order chi connectivity index (χ1) is 21.1. The van der Waals surface area contributed by atoms with Gasteiger partial charge in [0.05, 0.1) is 31.3 Å². The second-order valence-electron chi connectivity index (χ2n) is 17.6. The molecule has 0 amide bonds. The zero-order chi connectivity index (χ0) is 35.1. The van der Waals surface area contributed by atoms with Gasteiger partial charge in [0.2, 0.25) is 0 Å². The van der Waals surface area contributed by atoms with Crippen LogP contribution in [-0.4, -0.2) is 59.3 Å². The molecule has 2 unspecified atom stereocenters. The Morgan fingerprint density at radius 2 is 1.61 bits per heavy atom. The van der Waals surface area contributed by atoms with Crippen molar-refractivity contribution in [3.05, 3.63) is 24.3 Å². The molecule has 0 aromatic rings. The molecule has 0 aromatic heterocycles. The predicted octanol–water partition coefficient (Wildman–Crippen LogP) is 10.4. The van der Waals surface area contributed by atoms with Crippen LogP contribution in [-0.2, 0) is 18.4 Å². The van der Waals surface area contributed by atoms with Gasteiger partial charge in [-0.05, 0) is 80.2 Å². The number of carbonyl (C=O) groups is 1. The molecule has 0 heterocycles. The summed E-state index contributed by atoms with van der Waals surface area (Å²) >= 11 is 0. The van der Waals surface area contributed by atoms with Crippen molar-refractivity contribution in [1.82, 2.24) is 0 Å². The fourth-order valence-electron chi connectivity index (χ4n) is 6.63. The van der Waals surface area contributed by atoms with Crippen LogP contribution in [0.4, 0.5) is 4.39 Å². The maximum atomic E-state index is 16.4. The lowest BCUT2D eigenvalue weighted by molar-refractivity contribution is -0.146. The third-order valence-electron chi connectivity index (χ3n) is 11.7. The normalized spacial score (nSPS) is 28.9. The highest BCUT2D eigenvalue weighted by molar-refractivity contribution is 6.74. The summed E-state index contributed by atoms with van der Waals surface area (Å²) in [6, 6.07) is 0. The van der Waals surface area contributed by atoms with Crippen molar-refractivity contribution in [3.8, 4) is 0 Å². The van der Waals surface area contributed by atoms with Crippen LogP contribution in [0.3, 0.4) is 0 Å². The molecule has 268 valence electrons. The van der Waals surface area contributed by atoms with Gasteiger partial charge in [0.25, 0.3) is 0 Å². The fourth-order valence-corrected chi connectivity index (χ4v) is 9.28. The van der Waals surface area contributed by atoms with E-state index in [9.17, 15) is 9.90 Å². The van der Waals surface area contributed by atoms with Crippen molar-refractivity contribution >= 4 is 22.6 Å². The van der Waals surface area contributed by atoms with E-state index in [1.807, 2.05) is 6.08 Å². The summed E-state index contributed by atoms with van der Waals surface area (Å²) in [6.45, 7) is 27.1. The Labute approximate surface area is 284 Å². The Bertz CT molecular complexity index is 998. The molecule has 5 nitrogen and oxygen atoms in total. The van der Waals surface area contributed by atoms with E-state index in [-0.39, 0.29) is 46.0 Å². The predicted molar refractivity (Wildman–Crippen MR) is 196 cm³/mol. The summed E-state index contributed by atoms with van der Waals surface area (Å²) in [7, 11) is -2.82. The Balaban J connectivity index is 2.43. The third-order valence-corrected chi connectivity index (χ3v) is 20.7. The molecule has 2 fully saturated rings. The quantitative estimate of drug-likeness (QED) is 0.106. The molecule has 2 saturated carbocycles. The zero-order valence-corrected chi connectivity index (χ0v) is 33.8. The molecule has 0 spiro atoms. The maximum absolute atomic E-state index is 16.4. The topological polar surface area (TPSA) is 65.0 Å². The first-order valence-electron chi connectivity index (χ1n) is 18.3. The van der Waals surface area contributed by atoms with Gasteiger partial charge in [0, 0.05) is 11.8 Å². The van der Waals surface area contributed by atoms with E-state index in [1.165, 1.54) is 26.4 Å². The largest absolute Gasteiger partial charge is 0.469 e. The second-order valence-corrected chi connectivity index (χ2v) is 27.1. The maximum Gasteiger partial charge on any atom is 0.308 e. The minimum absolute atomic E-state index is 0.000822. The first-order valence-corrected chi connectivity index (χ1v) is 24.1. The number of aliphatic hydroxyl groups is 1. The van der Waals surface area contributed by atoms with Crippen molar-refractivity contribution < 1.29 is 27.9 Å². The van der Waals surface area contributed by atoms with Crippen molar-refractivity contribution in [3.63, 3.8) is 0 Å². The number of aliphatic hydroxyl groups excluding tert-OH is 1. The third kappa shape index (κ3) is 11.7. The number of halogens is 1. The van der Waals surface area contributed by atoms with E-state index in [1.54, 1.807) is 6.08 Å². The summed E-state index contributed by atoms with van der Waals surface area (Å²) < 4.78 is 35.3. The average Bonchev–Trinajstić information content (AvgIpc) is 3.25. The highest BCUT2D eigenvalue weighted by Crippen LogP contribution is 2.45. The minimum atomic E-state index is -2.19. The van der Waals surface area contributed by atoms with Gasteiger partial charge in [-0.1, -0.05) is 105 Å². The van der Waals surface area contributed by atoms with Crippen LogP contribution in [0.1, 0.15) is 113 Å². The van der Waals surface area contributed by atoms with Gasteiger partial charge in [0.15, 0.2) is 16.6 Å². The van der Waals surface area contributed by atoms with Crippen LogP contribution in [0.25, 0.3) is 0 Å². The summed E-state index contributed by atoms with van der Waals surface area (Å²) in [5.41, 5.74) is 0. The second kappa shape index (κ2) is 17.2. The van der Waals surface area contributed by atoms with Crippen LogP contribution < -0.4 is 0 Å². The van der Waals surface area contributed by atoms with Gasteiger partial charge in [0.1, 0.15) is 6.17 Å². The molecular weight excluding hydrogens is 612 g/mol. The van der Waals surface area contributed by atoms with E-state index in [0.29, 0.717) is 18.8 Å². The number of allylic oxidation sites excluding steroid dienone is 2. The van der Waals surface area contributed by atoms with Gasteiger partial charge in [-0.15, -0.1) is 0 Å². The molecule has 1 N–H and O–H groups in total. The van der Waals surface area contributed by atoms with E-state index < -0.39 is 34.8 Å². The number of esters is 1. The van der Waals surface area contributed by atoms with E-state index in [4.69, 9.17) is 13.6 Å². The molecular formula is C38H71FO5Si2. The van der Waals surface area contributed by atoms with Crippen molar-refractivity contribution in [2.24, 2.45) is 29.6 Å². The van der Waals surface area contributed by atoms with Crippen LogP contribution in [0.15, 0.2) is 24.3 Å². The monoisotopic (exact) mass is 682 g/mol. The van der Waals surface area contributed by atoms with Gasteiger partial charge < -0.3 is 18.7 Å². The highest BCUT2D eigenvalue weighted by Gasteiger charge is 2.49. The van der Waals surface area contributed by atoms with Crippen molar-refractivity contribution in [1.29, 1.82) is 0 Å². The number of hydrogen-bond donors (Lipinski definition) is 1. The molecule has 0 saturated heterocycles. The smallest absolute Gasteiger partial charge is 0.308 e. The Morgan fingerprint density at radius 3 is 2.17 bits per heavy atom. The Hall–Kier alpha value is -0.806. The van der Waals surface area contributed by atoms with Gasteiger partial charge in [-0.3, -0.25) is 4.79 Å². The average molecular weight is 683 g/mol. The van der Waals surface area contributed by atoms with Crippen LogP contribution >= 0.6 is 0 Å². The fraction of sp³-hybridized carbons (Fsp3) is 0.868. The van der Waals surface area contributed by atoms with Crippen LogP contribution in [0.5, 0.6) is 0 Å². The number of unbranched alkanes of at least 4 members (excludes halogenated alkanes) is 1. The van der Waals surface area contributed by atoms with E-state index in [0.717, 1.165) is 25.7 Å². The minimum Gasteiger partial charge on any atom is -0.469 e. The molecule has 46 heavy (non-hydrogen) atoms. The standard InChI is InChI=1S/C38H71FO5Si2/c1-14-15-17-27(2)24-30(43-45(10,11)37(3,4)5)21-22-31-34(44-46(12,13)38(6,7)8)26-33(40)35(31)32(39)23-20-28-18-16-19-29(25-28)36(41)42-9/h20-23,27-35,40H,14-19,24-26H2,1-13H3/b22-21+,23-20-/t27-,28?,29?,30+,31-,32-,33-,34+,35-/m0/s1. The molecule has 2 rings (SSSR count). The lowest BCUT2D eigenvalue weighted by Crippen LogP contribution is -2.45. The number of hydrogen-bond acceptors (Lipinski definition) is 5. The Kier molecular flexibility index (Phi) is 15.5. The SMILES string of the molecule is CCCC[C@H](C)C[C@@H](/C=C/[C@@H]1[C@@H]([C@@H](F)/C=C\C2CCCC(C(=O)OC)C2)[C@@H](O)C[C@H]1O[Si](C)(C)C(C)(C)C)O[Si](C)(C)C(C)(C)C. The number of alkyl halides is 1. The lowest BCUT2D eigenvalue weighted by Gasteiger charge is -2.40. The molecule has 0 aromatic carbocycles. The van der Waals surface area contributed by atoms with Crippen LogP contribution in [0, 0.1) is 29.6 Å². The summed E-state index contributed by atoms with van der Waals surface area (Å²) in [5.74, 6) is -0.517. The summed E-state index contributed by atoms with van der Waals surface area (Å²) in [6.07, 6.45) is 13.8. The molecule has 0 radical (unpaired) electrons. The van der Waals surface area contributed by atoms with Crippen molar-refractivity contribution in [2.75, 3.05) is 7.11 Å². The number of methoxy groups -OCH3 is 1. The number of rotatable bonds is 15. The van der Waals surface area contributed by atoms with Crippen molar-refractivity contribution in [2.45, 2.75) is 174 Å². The first kappa shape index (κ1) is 41.4. The molecule has 0 bridgehead atoms. The summed E-state index contributed by atoms with van der Waals surface area (Å²) in [4.78, 5) is 12.2. The molecule has 2 aliphatic rings. The number of ether oxygens (including phenoxy) is 1. The molecule has 9 atom stereocenters. The van der Waals surface area contributed by atoms with E-state index >= 15 is 4.39 Å². The van der Waals surface area contributed by atoms with Gasteiger partial charge in [-0.2, -0.15) is 0 Å². The summed E-state index contributed by atoms with van der Waals surface area (Å²) in [5, 5.41) is 11.5. The van der Waals surface area contributed by atoms with Crippen LogP contribution in [0.2, 0.25) is 36.3 Å². The lowest BCUT2D eigenvalue weighted by atomic mass is 9.80. The number of carbonyl (C=O) groups excluding carboxylic acids is 1. The highest BCUT2D eigenvalue weighted by atomic mass is 28.4. The molecule has 8 heteroatoms. The van der Waals surface area contributed by atoms with Gasteiger partial charge >= 0.3 is 5.97 Å². The van der Waals surface area contributed by atoms with E-state index in [2.05, 4.69) is 93.7 Å². The molecule has 2 aliphatic carbocycles. The zero-order valence-electron chi connectivity index (χ0n) is 31.8.